The van der Waals surface area contributed by atoms with Crippen LogP contribution in [0.1, 0.15) is 0 Å². The van der Waals surface area contributed by atoms with Gasteiger partial charge >= 0.3 is 5.30 Å². The zero-order valence-electron chi connectivity index (χ0n) is 7.87. The molecule has 1 N–H and O–H groups in total. The molecule has 0 atom stereocenters. The van der Waals surface area contributed by atoms with Crippen molar-refractivity contribution in [3.63, 3.8) is 0 Å². The predicted octanol–water partition coefficient (Wildman–Crippen LogP) is 1.97. The zero-order chi connectivity index (χ0) is 12.1. The maximum Gasteiger partial charge on any atom is 0.364 e. The lowest BCUT2D eigenvalue weighted by atomic mass is 10.3. The molecule has 0 saturated heterocycles. The van der Waals surface area contributed by atoms with Gasteiger partial charge in [-0.05, 0) is 12.1 Å². The molecule has 7 heteroatoms. The second-order valence-electron chi connectivity index (χ2n) is 2.73. The van der Waals surface area contributed by atoms with Crippen molar-refractivity contribution in [1.82, 2.24) is 0 Å². The van der Waals surface area contributed by atoms with Gasteiger partial charge in [-0.2, -0.15) is 0 Å². The van der Waals surface area contributed by atoms with Gasteiger partial charge in [0, 0.05) is 6.07 Å². The summed E-state index contributed by atoms with van der Waals surface area (Å²) in [6.07, 6.45) is 0. The average Bonchev–Trinajstić information content (AvgIpc) is 2.20. The normalized spacial score (nSPS) is 9.69. The van der Waals surface area contributed by atoms with Crippen LogP contribution in [-0.4, -0.2) is 17.8 Å². The van der Waals surface area contributed by atoms with Gasteiger partial charge in [0.15, 0.2) is 6.61 Å². The zero-order valence-corrected chi connectivity index (χ0v) is 8.76. The van der Waals surface area contributed by atoms with E-state index in [0.717, 1.165) is 18.2 Å². The largest absolute Gasteiger partial charge is 0.448 e. The van der Waals surface area contributed by atoms with Gasteiger partial charge in [0.2, 0.25) is 0 Å². The standard InChI is InChI=1S/C9H7F2NO3S/c10-5-1-2-6(11)7(3-5)12-8(13)4-15-9(14)16/h1-3H,4H2,(H,12,13)(H,14,16). The van der Waals surface area contributed by atoms with Gasteiger partial charge in [-0.1, -0.05) is 12.6 Å². The molecule has 86 valence electrons. The van der Waals surface area contributed by atoms with Crippen molar-refractivity contribution in [2.75, 3.05) is 11.9 Å². The van der Waals surface area contributed by atoms with Crippen LogP contribution in [-0.2, 0) is 9.53 Å². The Kier molecular flexibility index (Phi) is 4.24. The molecule has 0 spiro atoms. The first-order valence-corrected chi connectivity index (χ1v) is 4.54. The van der Waals surface area contributed by atoms with Crippen LogP contribution in [0.25, 0.3) is 0 Å². The summed E-state index contributed by atoms with van der Waals surface area (Å²) in [4.78, 5) is 21.3. The molecule has 16 heavy (non-hydrogen) atoms. The van der Waals surface area contributed by atoms with Crippen molar-refractivity contribution >= 4 is 29.5 Å². The number of carbonyl (C=O) groups excluding carboxylic acids is 2. The van der Waals surface area contributed by atoms with Gasteiger partial charge in [-0.25, -0.2) is 13.6 Å². The van der Waals surface area contributed by atoms with E-state index in [4.69, 9.17) is 0 Å². The lowest BCUT2D eigenvalue weighted by Gasteiger charge is -2.06. The monoisotopic (exact) mass is 247 g/mol. The molecular weight excluding hydrogens is 240 g/mol. The molecule has 0 bridgehead atoms. The third-order valence-electron chi connectivity index (χ3n) is 1.53. The van der Waals surface area contributed by atoms with Gasteiger partial charge in [0.05, 0.1) is 5.69 Å². The number of amides is 1. The van der Waals surface area contributed by atoms with Crippen LogP contribution in [0.15, 0.2) is 18.2 Å². The quantitative estimate of drug-likeness (QED) is 0.634. The van der Waals surface area contributed by atoms with Gasteiger partial charge in [-0.3, -0.25) is 4.79 Å². The summed E-state index contributed by atoms with van der Waals surface area (Å²) in [6.45, 7) is -0.613. The van der Waals surface area contributed by atoms with E-state index in [1.807, 2.05) is 5.32 Å². The second kappa shape index (κ2) is 5.45. The minimum atomic E-state index is -0.935. The molecular formula is C9H7F2NO3S. The number of hydrogen-bond acceptors (Lipinski definition) is 3. The highest BCUT2D eigenvalue weighted by Crippen LogP contribution is 2.14. The lowest BCUT2D eigenvalue weighted by molar-refractivity contribution is -0.118. The summed E-state index contributed by atoms with van der Waals surface area (Å²) >= 11 is 3.26. The van der Waals surface area contributed by atoms with Gasteiger partial charge in [0.25, 0.3) is 5.91 Å². The first-order chi connectivity index (χ1) is 7.49. The van der Waals surface area contributed by atoms with Crippen LogP contribution in [0.3, 0.4) is 0 Å². The summed E-state index contributed by atoms with van der Waals surface area (Å²) in [5, 5.41) is 1.11. The molecule has 0 aliphatic heterocycles. The third kappa shape index (κ3) is 3.85. The van der Waals surface area contributed by atoms with Crippen LogP contribution in [0.5, 0.6) is 0 Å². The Morgan fingerprint density at radius 2 is 2.06 bits per heavy atom. The van der Waals surface area contributed by atoms with E-state index in [-0.39, 0.29) is 5.69 Å². The SMILES string of the molecule is O=C(COC(=O)S)Nc1cc(F)ccc1F. The number of carbonyl (C=O) groups is 2. The van der Waals surface area contributed by atoms with E-state index in [0.29, 0.717) is 0 Å². The Hall–Kier alpha value is -1.63. The highest BCUT2D eigenvalue weighted by atomic mass is 32.1. The number of halogens is 2. The van der Waals surface area contributed by atoms with Crippen molar-refractivity contribution in [3.8, 4) is 0 Å². The van der Waals surface area contributed by atoms with Crippen molar-refractivity contribution in [1.29, 1.82) is 0 Å². The van der Waals surface area contributed by atoms with Gasteiger partial charge in [-0.15, -0.1) is 0 Å². The molecule has 0 unspecified atom stereocenters. The smallest absolute Gasteiger partial charge is 0.364 e. The van der Waals surface area contributed by atoms with E-state index in [1.165, 1.54) is 0 Å². The number of ether oxygens (including phenoxy) is 1. The summed E-state index contributed by atoms with van der Waals surface area (Å²) in [6, 6.07) is 2.60. The van der Waals surface area contributed by atoms with Crippen LogP contribution in [0.2, 0.25) is 0 Å². The Morgan fingerprint density at radius 1 is 1.38 bits per heavy atom. The third-order valence-corrected chi connectivity index (χ3v) is 1.66. The minimum absolute atomic E-state index is 0.319. The van der Waals surface area contributed by atoms with Crippen molar-refractivity contribution in [2.24, 2.45) is 0 Å². The maximum atomic E-state index is 13.0. The lowest BCUT2D eigenvalue weighted by Crippen LogP contribution is -2.19. The van der Waals surface area contributed by atoms with Gasteiger partial charge < -0.3 is 10.1 Å². The molecule has 1 amide bonds. The number of nitrogens with one attached hydrogen (secondary N) is 1. The number of hydrogen-bond donors (Lipinski definition) is 2. The molecule has 0 heterocycles. The molecule has 1 rings (SSSR count). The van der Waals surface area contributed by atoms with Crippen LogP contribution < -0.4 is 5.32 Å². The van der Waals surface area contributed by atoms with Crippen molar-refractivity contribution in [3.05, 3.63) is 29.8 Å². The Bertz CT molecular complexity index is 425. The average molecular weight is 247 g/mol. The van der Waals surface area contributed by atoms with Gasteiger partial charge in [0.1, 0.15) is 11.6 Å². The van der Waals surface area contributed by atoms with E-state index in [1.54, 1.807) is 0 Å². The Balaban J connectivity index is 2.62. The molecule has 0 aliphatic carbocycles. The fraction of sp³-hybridized carbons (Fsp3) is 0.111. The minimum Gasteiger partial charge on any atom is -0.448 e. The summed E-state index contributed by atoms with van der Waals surface area (Å²) < 4.78 is 30.0. The van der Waals surface area contributed by atoms with Crippen LogP contribution >= 0.6 is 12.6 Å². The maximum absolute atomic E-state index is 13.0. The topological polar surface area (TPSA) is 55.4 Å². The second-order valence-corrected chi connectivity index (χ2v) is 3.09. The Morgan fingerprint density at radius 3 is 2.69 bits per heavy atom. The number of anilines is 1. The highest BCUT2D eigenvalue weighted by molar-refractivity contribution is 7.96. The molecule has 0 saturated carbocycles. The fourth-order valence-electron chi connectivity index (χ4n) is 0.907. The highest BCUT2D eigenvalue weighted by Gasteiger charge is 2.09. The van der Waals surface area contributed by atoms with Crippen LogP contribution in [0.4, 0.5) is 19.3 Å². The first-order valence-electron chi connectivity index (χ1n) is 4.09. The van der Waals surface area contributed by atoms with E-state index >= 15 is 0 Å². The molecule has 0 radical (unpaired) electrons. The molecule has 1 aromatic carbocycles. The fourth-order valence-corrected chi connectivity index (χ4v) is 0.971. The predicted molar refractivity (Wildman–Crippen MR) is 55.3 cm³/mol. The van der Waals surface area contributed by atoms with E-state index in [9.17, 15) is 18.4 Å². The number of rotatable bonds is 3. The summed E-state index contributed by atoms with van der Waals surface area (Å²) in [5.41, 5.74) is -0.319. The molecule has 0 fully saturated rings. The first kappa shape index (κ1) is 12.4. The molecule has 1 aromatic rings. The summed E-state index contributed by atoms with van der Waals surface area (Å²) in [5.74, 6) is -2.26. The van der Waals surface area contributed by atoms with Crippen LogP contribution in [0, 0.1) is 11.6 Å². The van der Waals surface area contributed by atoms with Crippen molar-refractivity contribution < 1.29 is 23.1 Å². The number of benzene rings is 1. The molecule has 0 aliphatic rings. The van der Waals surface area contributed by atoms with E-state index in [2.05, 4.69) is 17.4 Å². The summed E-state index contributed by atoms with van der Waals surface area (Å²) in [7, 11) is 0. The Labute approximate surface area is 95.0 Å². The molecule has 4 nitrogen and oxygen atoms in total. The van der Waals surface area contributed by atoms with Crippen molar-refractivity contribution in [2.45, 2.75) is 0 Å². The number of thiol groups is 1. The van der Waals surface area contributed by atoms with E-state index < -0.39 is 29.4 Å². The molecule has 0 aromatic heterocycles.